The van der Waals surface area contributed by atoms with Gasteiger partial charge in [0, 0.05) is 30.7 Å². The van der Waals surface area contributed by atoms with Gasteiger partial charge in [0.05, 0.1) is 5.69 Å². The molecule has 0 spiro atoms. The highest BCUT2D eigenvalue weighted by molar-refractivity contribution is 9.10. The van der Waals surface area contributed by atoms with Crippen molar-refractivity contribution in [1.29, 1.82) is 0 Å². The van der Waals surface area contributed by atoms with E-state index in [0.717, 1.165) is 11.0 Å². The molecule has 2 N–H and O–H groups in total. The topological polar surface area (TPSA) is 44.4 Å². The van der Waals surface area contributed by atoms with Crippen molar-refractivity contribution in [2.45, 2.75) is 0 Å². The van der Waals surface area contributed by atoms with Gasteiger partial charge < -0.3 is 15.5 Å². The minimum absolute atomic E-state index is 0.0369. The van der Waals surface area contributed by atoms with E-state index >= 15 is 0 Å². The lowest BCUT2D eigenvalue weighted by Crippen LogP contribution is -2.32. The van der Waals surface area contributed by atoms with Crippen LogP contribution in [0.15, 0.2) is 22.7 Å². The van der Waals surface area contributed by atoms with E-state index < -0.39 is 0 Å². The second kappa shape index (κ2) is 5.35. The number of hydrogen-bond donors (Lipinski definition) is 2. The average Bonchev–Trinajstić information content (AvgIpc) is 2.70. The Labute approximate surface area is 107 Å². The molecule has 0 radical (unpaired) electrons. The summed E-state index contributed by atoms with van der Waals surface area (Å²) in [5.41, 5.74) is 0.699. The Morgan fingerprint density at radius 1 is 1.53 bits per heavy atom. The van der Waals surface area contributed by atoms with Crippen LogP contribution in [0.1, 0.15) is 0 Å². The lowest BCUT2D eigenvalue weighted by atomic mass is 10.3. The van der Waals surface area contributed by atoms with Crippen molar-refractivity contribution in [1.82, 2.24) is 10.2 Å². The molecule has 1 aliphatic heterocycles. The van der Waals surface area contributed by atoms with E-state index in [2.05, 4.69) is 26.6 Å². The first kappa shape index (κ1) is 12.2. The first-order valence-corrected chi connectivity index (χ1v) is 6.18. The summed E-state index contributed by atoms with van der Waals surface area (Å²) in [6.45, 7) is 2.62. The zero-order chi connectivity index (χ0) is 12.3. The van der Waals surface area contributed by atoms with Crippen LogP contribution in [0, 0.1) is 5.82 Å². The Kier molecular flexibility index (Phi) is 3.83. The smallest absolute Gasteiger partial charge is 0.317 e. The Bertz CT molecular complexity index is 427. The Morgan fingerprint density at radius 2 is 2.35 bits per heavy atom. The summed E-state index contributed by atoms with van der Waals surface area (Å²) in [6, 6.07) is 4.43. The molecule has 2 amide bonds. The molecule has 0 unspecified atom stereocenters. The van der Waals surface area contributed by atoms with Gasteiger partial charge >= 0.3 is 6.03 Å². The summed E-state index contributed by atoms with van der Waals surface area (Å²) >= 11 is 3.33. The van der Waals surface area contributed by atoms with Crippen LogP contribution in [0.5, 0.6) is 0 Å². The van der Waals surface area contributed by atoms with Crippen molar-refractivity contribution in [3.05, 3.63) is 28.5 Å². The van der Waals surface area contributed by atoms with Crippen LogP contribution in [-0.4, -0.2) is 37.1 Å². The maximum atomic E-state index is 13.0. The molecule has 1 aromatic rings. The van der Waals surface area contributed by atoms with Crippen molar-refractivity contribution in [3.63, 3.8) is 0 Å². The Hall–Kier alpha value is -1.30. The van der Waals surface area contributed by atoms with Gasteiger partial charge in [-0.25, -0.2) is 9.18 Å². The van der Waals surface area contributed by atoms with Crippen molar-refractivity contribution >= 4 is 27.6 Å². The lowest BCUT2D eigenvalue weighted by Gasteiger charge is -2.15. The highest BCUT2D eigenvalue weighted by Gasteiger charge is 2.18. The first-order valence-electron chi connectivity index (χ1n) is 5.38. The van der Waals surface area contributed by atoms with Crippen LogP contribution in [-0.2, 0) is 0 Å². The number of carbonyl (C=O) groups excluding carboxylic acids is 1. The van der Waals surface area contributed by atoms with Gasteiger partial charge in [0.1, 0.15) is 5.82 Å². The molecule has 1 aromatic carbocycles. The monoisotopic (exact) mass is 301 g/mol. The molecule has 4 nitrogen and oxygen atoms in total. The van der Waals surface area contributed by atoms with Gasteiger partial charge in [-0.15, -0.1) is 0 Å². The maximum Gasteiger partial charge on any atom is 0.317 e. The minimum atomic E-state index is -0.283. The fourth-order valence-electron chi connectivity index (χ4n) is 1.68. The SMILES string of the molecule is O=C1NCCN1CCNc1cc(F)ccc1Br. The summed E-state index contributed by atoms with van der Waals surface area (Å²) in [4.78, 5) is 13.0. The van der Waals surface area contributed by atoms with Crippen molar-refractivity contribution in [2.24, 2.45) is 0 Å². The molecule has 0 bridgehead atoms. The number of rotatable bonds is 4. The zero-order valence-electron chi connectivity index (χ0n) is 9.17. The fourth-order valence-corrected chi connectivity index (χ4v) is 2.07. The van der Waals surface area contributed by atoms with E-state index in [1.165, 1.54) is 12.1 Å². The number of nitrogens with one attached hydrogen (secondary N) is 2. The molecule has 0 saturated carbocycles. The van der Waals surface area contributed by atoms with Gasteiger partial charge in [-0.3, -0.25) is 0 Å². The highest BCUT2D eigenvalue weighted by atomic mass is 79.9. The predicted octanol–water partition coefficient (Wildman–Crippen LogP) is 2.03. The van der Waals surface area contributed by atoms with E-state index in [-0.39, 0.29) is 11.8 Å². The molecule has 0 atom stereocenters. The number of hydrogen-bond acceptors (Lipinski definition) is 2. The first-order chi connectivity index (χ1) is 8.16. The molecule has 6 heteroatoms. The largest absolute Gasteiger partial charge is 0.382 e. The number of halogens is 2. The molecule has 1 heterocycles. The van der Waals surface area contributed by atoms with E-state index in [9.17, 15) is 9.18 Å². The number of benzene rings is 1. The van der Waals surface area contributed by atoms with Gasteiger partial charge in [0.15, 0.2) is 0 Å². The summed E-state index contributed by atoms with van der Waals surface area (Å²) in [5, 5.41) is 5.82. The van der Waals surface area contributed by atoms with Gasteiger partial charge in [-0.2, -0.15) is 0 Å². The number of carbonyl (C=O) groups is 1. The van der Waals surface area contributed by atoms with E-state index in [1.54, 1.807) is 11.0 Å². The number of urea groups is 1. The van der Waals surface area contributed by atoms with E-state index in [4.69, 9.17) is 0 Å². The fraction of sp³-hybridized carbons (Fsp3) is 0.364. The van der Waals surface area contributed by atoms with Crippen LogP contribution < -0.4 is 10.6 Å². The molecule has 17 heavy (non-hydrogen) atoms. The molecule has 92 valence electrons. The second-order valence-electron chi connectivity index (χ2n) is 3.77. The summed E-state index contributed by atoms with van der Waals surface area (Å²) in [6.07, 6.45) is 0. The molecule has 0 aliphatic carbocycles. The molecular weight excluding hydrogens is 289 g/mol. The summed E-state index contributed by atoms with van der Waals surface area (Å²) in [5.74, 6) is -0.283. The van der Waals surface area contributed by atoms with Crippen molar-refractivity contribution < 1.29 is 9.18 Å². The number of anilines is 1. The molecule has 0 aromatic heterocycles. The standard InChI is InChI=1S/C11H13BrFN3O/c12-9-2-1-8(13)7-10(9)14-3-5-16-6-4-15-11(16)17/h1-2,7,14H,3-6H2,(H,15,17). The molecule has 1 saturated heterocycles. The van der Waals surface area contributed by atoms with Crippen LogP contribution in [0.25, 0.3) is 0 Å². The highest BCUT2D eigenvalue weighted by Crippen LogP contribution is 2.22. The molecule has 2 rings (SSSR count). The van der Waals surface area contributed by atoms with E-state index in [1.807, 2.05) is 0 Å². The summed E-state index contributed by atoms with van der Waals surface area (Å²) < 4.78 is 13.8. The van der Waals surface area contributed by atoms with Crippen LogP contribution >= 0.6 is 15.9 Å². The van der Waals surface area contributed by atoms with Gasteiger partial charge in [0.25, 0.3) is 0 Å². The van der Waals surface area contributed by atoms with Crippen LogP contribution in [0.4, 0.5) is 14.9 Å². The average molecular weight is 302 g/mol. The number of nitrogens with zero attached hydrogens (tertiary/aromatic N) is 1. The third kappa shape index (κ3) is 3.09. The van der Waals surface area contributed by atoms with E-state index in [0.29, 0.717) is 25.3 Å². The normalized spacial score (nSPS) is 14.9. The Balaban J connectivity index is 1.85. The van der Waals surface area contributed by atoms with Crippen molar-refractivity contribution in [3.8, 4) is 0 Å². The van der Waals surface area contributed by atoms with Gasteiger partial charge in [0.2, 0.25) is 0 Å². The minimum Gasteiger partial charge on any atom is -0.382 e. The lowest BCUT2D eigenvalue weighted by molar-refractivity contribution is 0.219. The molecule has 1 aliphatic rings. The zero-order valence-corrected chi connectivity index (χ0v) is 10.8. The van der Waals surface area contributed by atoms with Gasteiger partial charge in [-0.05, 0) is 34.1 Å². The quantitative estimate of drug-likeness (QED) is 0.894. The second-order valence-corrected chi connectivity index (χ2v) is 4.62. The van der Waals surface area contributed by atoms with Gasteiger partial charge in [-0.1, -0.05) is 0 Å². The number of amides is 2. The Morgan fingerprint density at radius 3 is 3.06 bits per heavy atom. The molecule has 1 fully saturated rings. The van der Waals surface area contributed by atoms with Crippen LogP contribution in [0.2, 0.25) is 0 Å². The molecular formula is C11H13BrFN3O. The van der Waals surface area contributed by atoms with Crippen LogP contribution in [0.3, 0.4) is 0 Å². The summed E-state index contributed by atoms with van der Waals surface area (Å²) in [7, 11) is 0. The predicted molar refractivity (Wildman–Crippen MR) is 67.6 cm³/mol. The third-order valence-electron chi connectivity index (χ3n) is 2.57. The third-order valence-corrected chi connectivity index (χ3v) is 3.26. The maximum absolute atomic E-state index is 13.0. The van der Waals surface area contributed by atoms with Crippen molar-refractivity contribution in [2.75, 3.05) is 31.5 Å².